The number of carbonyl (C=O) groups is 3. The number of nitrogens with two attached hydrogens (primary N) is 1. The number of ether oxygens (including phenoxy) is 2. The highest BCUT2D eigenvalue weighted by Gasteiger charge is 2.32. The molecule has 1 saturated heterocycles. The third kappa shape index (κ3) is 6.43. The molecule has 37 heavy (non-hydrogen) atoms. The van der Waals surface area contributed by atoms with Crippen LogP contribution in [-0.4, -0.2) is 65.8 Å². The molecule has 1 unspecified atom stereocenters. The standard InChI is InChI=1S/C27H32N4O5S/c1-16(2)36-20-7-4-18(5-8-20)27(34)31-12-10-17(11-13-31)26-30-22(15-37-26)25(33)29-21-14-19(24(28)32)6-9-23(21)35-3/h4-9,14,16-17,22H,10-13,15H2,1-3H3,(H2,28,32)(H,29,33). The van der Waals surface area contributed by atoms with Crippen LogP contribution in [0, 0.1) is 5.92 Å². The average Bonchev–Trinajstić information content (AvgIpc) is 3.39. The minimum atomic E-state index is -0.586. The van der Waals surface area contributed by atoms with Crippen molar-refractivity contribution in [2.75, 3.05) is 31.3 Å². The van der Waals surface area contributed by atoms with Crippen LogP contribution in [0.15, 0.2) is 47.5 Å². The zero-order chi connectivity index (χ0) is 26.5. The van der Waals surface area contributed by atoms with Gasteiger partial charge in [0, 0.05) is 35.9 Å². The molecule has 0 bridgehead atoms. The van der Waals surface area contributed by atoms with Gasteiger partial charge < -0.3 is 25.4 Å². The highest BCUT2D eigenvalue weighted by molar-refractivity contribution is 8.14. The second-order valence-electron chi connectivity index (χ2n) is 9.32. The molecule has 0 aromatic heterocycles. The predicted molar refractivity (Wildman–Crippen MR) is 145 cm³/mol. The van der Waals surface area contributed by atoms with Gasteiger partial charge in [0.05, 0.1) is 23.9 Å². The van der Waals surface area contributed by atoms with Crippen molar-refractivity contribution in [2.24, 2.45) is 16.6 Å². The van der Waals surface area contributed by atoms with Crippen molar-refractivity contribution in [1.82, 2.24) is 4.90 Å². The van der Waals surface area contributed by atoms with Gasteiger partial charge in [0.2, 0.25) is 11.8 Å². The first kappa shape index (κ1) is 26.5. The molecule has 4 rings (SSSR count). The second kappa shape index (κ2) is 11.7. The van der Waals surface area contributed by atoms with E-state index in [0.29, 0.717) is 35.8 Å². The number of thioether (sulfide) groups is 1. The van der Waals surface area contributed by atoms with Gasteiger partial charge in [0.25, 0.3) is 5.91 Å². The molecule has 0 aliphatic carbocycles. The van der Waals surface area contributed by atoms with Crippen molar-refractivity contribution in [3.8, 4) is 11.5 Å². The van der Waals surface area contributed by atoms with Crippen molar-refractivity contribution in [3.63, 3.8) is 0 Å². The number of amides is 3. The Morgan fingerprint density at radius 3 is 2.38 bits per heavy atom. The number of aliphatic imine (C=N–C) groups is 1. The summed E-state index contributed by atoms with van der Waals surface area (Å²) in [4.78, 5) is 44.0. The maximum Gasteiger partial charge on any atom is 0.253 e. The maximum atomic E-state index is 13.0. The van der Waals surface area contributed by atoms with Crippen LogP contribution in [0.5, 0.6) is 11.5 Å². The molecule has 10 heteroatoms. The zero-order valence-corrected chi connectivity index (χ0v) is 22.0. The molecule has 3 N–H and O–H groups in total. The zero-order valence-electron chi connectivity index (χ0n) is 21.2. The summed E-state index contributed by atoms with van der Waals surface area (Å²) >= 11 is 1.59. The number of hydrogen-bond donors (Lipinski definition) is 2. The molecule has 1 fully saturated rings. The smallest absolute Gasteiger partial charge is 0.253 e. The maximum absolute atomic E-state index is 13.0. The van der Waals surface area contributed by atoms with Gasteiger partial charge in [-0.05, 0) is 69.2 Å². The summed E-state index contributed by atoms with van der Waals surface area (Å²) in [7, 11) is 1.49. The van der Waals surface area contributed by atoms with Crippen molar-refractivity contribution >= 4 is 40.2 Å². The highest BCUT2D eigenvalue weighted by Crippen LogP contribution is 2.32. The van der Waals surface area contributed by atoms with Gasteiger partial charge in [-0.2, -0.15) is 0 Å². The fourth-order valence-corrected chi connectivity index (χ4v) is 5.61. The molecule has 196 valence electrons. The van der Waals surface area contributed by atoms with E-state index >= 15 is 0 Å². The number of benzene rings is 2. The first-order valence-corrected chi connectivity index (χ1v) is 13.3. The van der Waals surface area contributed by atoms with E-state index in [2.05, 4.69) is 5.32 Å². The van der Waals surface area contributed by atoms with E-state index in [4.69, 9.17) is 20.2 Å². The molecule has 3 amide bonds. The molecule has 9 nitrogen and oxygen atoms in total. The molecule has 2 aromatic carbocycles. The lowest BCUT2D eigenvalue weighted by Crippen LogP contribution is -2.39. The Hall–Kier alpha value is -3.53. The van der Waals surface area contributed by atoms with E-state index in [-0.39, 0.29) is 29.4 Å². The SMILES string of the molecule is COc1ccc(C(N)=O)cc1NC(=O)C1CSC(C2CCN(C(=O)c3ccc(OC(C)C)cc3)CC2)=N1. The Morgan fingerprint density at radius 1 is 1.08 bits per heavy atom. The molecule has 0 spiro atoms. The third-order valence-electron chi connectivity index (χ3n) is 6.32. The monoisotopic (exact) mass is 524 g/mol. The van der Waals surface area contributed by atoms with Crippen molar-refractivity contribution in [3.05, 3.63) is 53.6 Å². The highest BCUT2D eigenvalue weighted by atomic mass is 32.2. The molecule has 2 aromatic rings. The third-order valence-corrected chi connectivity index (χ3v) is 7.54. The Labute approximate surface area is 220 Å². The van der Waals surface area contributed by atoms with Crippen LogP contribution >= 0.6 is 11.8 Å². The van der Waals surface area contributed by atoms with Gasteiger partial charge in [0.1, 0.15) is 17.5 Å². The van der Waals surface area contributed by atoms with E-state index in [1.807, 2.05) is 30.9 Å². The van der Waals surface area contributed by atoms with Crippen LogP contribution < -0.4 is 20.5 Å². The summed E-state index contributed by atoms with van der Waals surface area (Å²) in [5.41, 5.74) is 6.67. The normalized spacial score (nSPS) is 17.9. The summed E-state index contributed by atoms with van der Waals surface area (Å²) in [5.74, 6) is 1.12. The molecule has 2 heterocycles. The summed E-state index contributed by atoms with van der Waals surface area (Å²) in [6.45, 7) is 5.21. The van der Waals surface area contributed by atoms with Crippen LogP contribution in [-0.2, 0) is 4.79 Å². The average molecular weight is 525 g/mol. The number of hydrogen-bond acceptors (Lipinski definition) is 7. The molecule has 0 radical (unpaired) electrons. The van der Waals surface area contributed by atoms with E-state index in [0.717, 1.165) is 23.6 Å². The van der Waals surface area contributed by atoms with Gasteiger partial charge in [0.15, 0.2) is 0 Å². The van der Waals surface area contributed by atoms with Gasteiger partial charge in [-0.15, -0.1) is 11.8 Å². The molecule has 0 saturated carbocycles. The number of nitrogens with one attached hydrogen (secondary N) is 1. The molecule has 2 aliphatic rings. The first-order valence-electron chi connectivity index (χ1n) is 12.3. The van der Waals surface area contributed by atoms with Crippen LogP contribution in [0.2, 0.25) is 0 Å². The molecule has 1 atom stereocenters. The fraction of sp³-hybridized carbons (Fsp3) is 0.407. The lowest BCUT2D eigenvalue weighted by atomic mass is 9.97. The number of piperidine rings is 1. The summed E-state index contributed by atoms with van der Waals surface area (Å²) in [6, 6.07) is 11.4. The minimum Gasteiger partial charge on any atom is -0.495 e. The number of likely N-dealkylation sites (tertiary alicyclic amines) is 1. The summed E-state index contributed by atoms with van der Waals surface area (Å²) in [6.07, 6.45) is 1.68. The molecule has 2 aliphatic heterocycles. The topological polar surface area (TPSA) is 123 Å². The largest absolute Gasteiger partial charge is 0.495 e. The van der Waals surface area contributed by atoms with Gasteiger partial charge in [-0.1, -0.05) is 0 Å². The Balaban J connectivity index is 1.33. The van der Waals surface area contributed by atoms with Crippen molar-refractivity contribution in [2.45, 2.75) is 38.8 Å². The molecular formula is C27H32N4O5S. The Kier molecular flexibility index (Phi) is 8.38. The van der Waals surface area contributed by atoms with Crippen LogP contribution in [0.25, 0.3) is 0 Å². The Morgan fingerprint density at radius 2 is 1.76 bits per heavy atom. The van der Waals surface area contributed by atoms with E-state index in [1.165, 1.54) is 13.2 Å². The summed E-state index contributed by atoms with van der Waals surface area (Å²) < 4.78 is 11.0. The van der Waals surface area contributed by atoms with Crippen LogP contribution in [0.3, 0.4) is 0 Å². The fourth-order valence-electron chi connectivity index (χ4n) is 4.39. The van der Waals surface area contributed by atoms with E-state index < -0.39 is 11.9 Å². The number of nitrogens with zero attached hydrogens (tertiary/aromatic N) is 2. The number of methoxy groups -OCH3 is 1. The Bertz CT molecular complexity index is 1190. The number of anilines is 1. The minimum absolute atomic E-state index is 0.0138. The van der Waals surface area contributed by atoms with Crippen LogP contribution in [0.1, 0.15) is 47.4 Å². The van der Waals surface area contributed by atoms with Crippen molar-refractivity contribution < 1.29 is 23.9 Å². The summed E-state index contributed by atoms with van der Waals surface area (Å²) in [5, 5.41) is 3.78. The van der Waals surface area contributed by atoms with Gasteiger partial charge in [-0.3, -0.25) is 19.4 Å². The van der Waals surface area contributed by atoms with Gasteiger partial charge >= 0.3 is 0 Å². The quantitative estimate of drug-likeness (QED) is 0.544. The van der Waals surface area contributed by atoms with Crippen LogP contribution in [0.4, 0.5) is 5.69 Å². The lowest BCUT2D eigenvalue weighted by molar-refractivity contribution is -0.116. The predicted octanol–water partition coefficient (Wildman–Crippen LogP) is 3.59. The van der Waals surface area contributed by atoms with Crippen molar-refractivity contribution in [1.29, 1.82) is 0 Å². The van der Waals surface area contributed by atoms with E-state index in [9.17, 15) is 14.4 Å². The number of primary amides is 1. The van der Waals surface area contributed by atoms with E-state index in [1.54, 1.807) is 36.0 Å². The second-order valence-corrected chi connectivity index (χ2v) is 10.4. The molecular weight excluding hydrogens is 492 g/mol. The first-order chi connectivity index (χ1) is 17.7. The number of rotatable bonds is 8. The number of carbonyl (C=O) groups excluding carboxylic acids is 3. The van der Waals surface area contributed by atoms with Gasteiger partial charge in [-0.25, -0.2) is 0 Å². The lowest BCUT2D eigenvalue weighted by Gasteiger charge is -2.32.